The maximum atomic E-state index is 5.93. The number of benzene rings is 1. The Morgan fingerprint density at radius 1 is 1.29 bits per heavy atom. The molecule has 0 spiro atoms. The van der Waals surface area contributed by atoms with E-state index in [0.29, 0.717) is 13.2 Å². The van der Waals surface area contributed by atoms with Gasteiger partial charge in [-0.05, 0) is 38.4 Å². The molecule has 21 heavy (non-hydrogen) atoms. The van der Waals surface area contributed by atoms with Crippen LogP contribution in [0.25, 0.3) is 0 Å². The number of thiazole rings is 1. The largest absolute Gasteiger partial charge is 0.486 e. The highest BCUT2D eigenvalue weighted by Gasteiger charge is 2.18. The molecule has 0 saturated heterocycles. The molecule has 2 N–H and O–H groups in total. The van der Waals surface area contributed by atoms with Crippen LogP contribution in [-0.2, 0) is 13.0 Å². The normalized spacial score (nSPS) is 12.7. The van der Waals surface area contributed by atoms with Gasteiger partial charge in [0, 0.05) is 10.9 Å². The maximum absolute atomic E-state index is 5.93. The lowest BCUT2D eigenvalue weighted by atomic mass is 10.1. The standard InChI is InChI=1S/C15H18N2O3S/c1-9-10(2)21-15(17-9)7-18-12-6-14-13(19-8-20-14)5-11(12)3-4-16/h5-6H,3-4,7-8,16H2,1-2H3. The summed E-state index contributed by atoms with van der Waals surface area (Å²) in [5.41, 5.74) is 7.76. The number of nitrogens with zero attached hydrogens (tertiary/aromatic N) is 1. The van der Waals surface area contributed by atoms with E-state index in [0.717, 1.165) is 39.9 Å². The van der Waals surface area contributed by atoms with Gasteiger partial charge in [0.15, 0.2) is 11.5 Å². The molecule has 1 aliphatic heterocycles. The van der Waals surface area contributed by atoms with Crippen molar-refractivity contribution in [3.8, 4) is 17.2 Å². The van der Waals surface area contributed by atoms with Gasteiger partial charge in [-0.3, -0.25) is 0 Å². The fourth-order valence-corrected chi connectivity index (χ4v) is 3.04. The number of aryl methyl sites for hydroxylation is 2. The van der Waals surface area contributed by atoms with Crippen LogP contribution in [-0.4, -0.2) is 18.3 Å². The van der Waals surface area contributed by atoms with Crippen LogP contribution in [0.5, 0.6) is 17.2 Å². The number of nitrogens with two attached hydrogens (primary N) is 1. The van der Waals surface area contributed by atoms with Crippen molar-refractivity contribution in [1.82, 2.24) is 4.98 Å². The topological polar surface area (TPSA) is 66.6 Å². The van der Waals surface area contributed by atoms with Gasteiger partial charge in [0.25, 0.3) is 0 Å². The summed E-state index contributed by atoms with van der Waals surface area (Å²) in [5.74, 6) is 2.26. The van der Waals surface area contributed by atoms with Crippen molar-refractivity contribution in [2.45, 2.75) is 26.9 Å². The molecule has 0 atom stereocenters. The third-order valence-corrected chi connectivity index (χ3v) is 4.44. The third kappa shape index (κ3) is 2.96. The second-order valence-electron chi connectivity index (χ2n) is 4.89. The first kappa shape index (κ1) is 14.2. The summed E-state index contributed by atoms with van der Waals surface area (Å²) in [6.45, 7) is 5.35. The molecular formula is C15H18N2O3S. The van der Waals surface area contributed by atoms with Crippen molar-refractivity contribution >= 4 is 11.3 Å². The minimum absolute atomic E-state index is 0.256. The summed E-state index contributed by atoms with van der Waals surface area (Å²) in [4.78, 5) is 5.71. The van der Waals surface area contributed by atoms with Crippen LogP contribution in [0.1, 0.15) is 21.1 Å². The molecule has 1 aromatic heterocycles. The molecular weight excluding hydrogens is 288 g/mol. The molecule has 0 fully saturated rings. The number of hydrogen-bond acceptors (Lipinski definition) is 6. The average molecular weight is 306 g/mol. The molecule has 6 heteroatoms. The van der Waals surface area contributed by atoms with Gasteiger partial charge in [-0.15, -0.1) is 11.3 Å². The van der Waals surface area contributed by atoms with Crippen molar-refractivity contribution in [2.75, 3.05) is 13.3 Å². The number of aromatic nitrogens is 1. The van der Waals surface area contributed by atoms with Gasteiger partial charge < -0.3 is 19.9 Å². The summed E-state index contributed by atoms with van der Waals surface area (Å²) in [6, 6.07) is 3.82. The van der Waals surface area contributed by atoms with Crippen LogP contribution < -0.4 is 19.9 Å². The zero-order valence-corrected chi connectivity index (χ0v) is 13.0. The molecule has 112 valence electrons. The van der Waals surface area contributed by atoms with Gasteiger partial charge in [0.1, 0.15) is 17.4 Å². The molecule has 0 unspecified atom stereocenters. The van der Waals surface area contributed by atoms with E-state index in [1.165, 1.54) is 4.88 Å². The molecule has 1 aromatic carbocycles. The molecule has 2 heterocycles. The summed E-state index contributed by atoms with van der Waals surface area (Å²) in [7, 11) is 0. The van der Waals surface area contributed by atoms with Gasteiger partial charge in [-0.1, -0.05) is 0 Å². The van der Waals surface area contributed by atoms with Crippen LogP contribution >= 0.6 is 11.3 Å². The van der Waals surface area contributed by atoms with Crippen molar-refractivity contribution in [2.24, 2.45) is 5.73 Å². The molecule has 0 amide bonds. The van der Waals surface area contributed by atoms with E-state index in [4.69, 9.17) is 19.9 Å². The summed E-state index contributed by atoms with van der Waals surface area (Å²) in [5, 5.41) is 0.973. The lowest BCUT2D eigenvalue weighted by Gasteiger charge is -2.11. The second kappa shape index (κ2) is 5.91. The first-order valence-electron chi connectivity index (χ1n) is 6.85. The van der Waals surface area contributed by atoms with Crippen LogP contribution in [0.2, 0.25) is 0 Å². The third-order valence-electron chi connectivity index (χ3n) is 3.39. The van der Waals surface area contributed by atoms with E-state index in [9.17, 15) is 0 Å². The highest BCUT2D eigenvalue weighted by atomic mass is 32.1. The predicted octanol–water partition coefficient (Wildman–Crippen LogP) is 2.57. The van der Waals surface area contributed by atoms with Gasteiger partial charge >= 0.3 is 0 Å². The van der Waals surface area contributed by atoms with Gasteiger partial charge in [0.05, 0.1) is 5.69 Å². The molecule has 5 nitrogen and oxygen atoms in total. The average Bonchev–Trinajstić information content (AvgIpc) is 3.03. The highest BCUT2D eigenvalue weighted by molar-refractivity contribution is 7.11. The van der Waals surface area contributed by atoms with E-state index >= 15 is 0 Å². The van der Waals surface area contributed by atoms with Crippen molar-refractivity contribution < 1.29 is 14.2 Å². The van der Waals surface area contributed by atoms with Crippen LogP contribution in [0, 0.1) is 13.8 Å². The van der Waals surface area contributed by atoms with E-state index in [2.05, 4.69) is 11.9 Å². The Morgan fingerprint density at radius 2 is 2.05 bits per heavy atom. The summed E-state index contributed by atoms with van der Waals surface area (Å²) >= 11 is 1.66. The Balaban J connectivity index is 1.80. The monoisotopic (exact) mass is 306 g/mol. The maximum Gasteiger partial charge on any atom is 0.231 e. The molecule has 0 radical (unpaired) electrons. The number of ether oxygens (including phenoxy) is 3. The van der Waals surface area contributed by atoms with E-state index < -0.39 is 0 Å². The quantitative estimate of drug-likeness (QED) is 0.919. The fraction of sp³-hybridized carbons (Fsp3) is 0.400. The Kier molecular flexibility index (Phi) is 3.98. The smallest absolute Gasteiger partial charge is 0.231 e. The number of fused-ring (bicyclic) bond motifs is 1. The van der Waals surface area contributed by atoms with Crippen molar-refractivity contribution in [3.05, 3.63) is 33.3 Å². The minimum Gasteiger partial charge on any atom is -0.486 e. The lowest BCUT2D eigenvalue weighted by molar-refractivity contribution is 0.173. The zero-order chi connectivity index (χ0) is 14.8. The summed E-state index contributed by atoms with van der Waals surface area (Å²) in [6.07, 6.45) is 0.738. The minimum atomic E-state index is 0.256. The van der Waals surface area contributed by atoms with E-state index in [-0.39, 0.29) is 6.79 Å². The van der Waals surface area contributed by atoms with Crippen molar-refractivity contribution in [3.63, 3.8) is 0 Å². The Hall–Kier alpha value is -1.79. The predicted molar refractivity (Wildman–Crippen MR) is 81.2 cm³/mol. The Labute approximate surface area is 127 Å². The van der Waals surface area contributed by atoms with Crippen LogP contribution in [0.3, 0.4) is 0 Å². The second-order valence-corrected chi connectivity index (χ2v) is 6.18. The zero-order valence-electron chi connectivity index (χ0n) is 12.1. The summed E-state index contributed by atoms with van der Waals surface area (Å²) < 4.78 is 16.7. The molecule has 0 aliphatic carbocycles. The lowest BCUT2D eigenvalue weighted by Crippen LogP contribution is -2.05. The number of rotatable bonds is 5. The van der Waals surface area contributed by atoms with Gasteiger partial charge in [-0.25, -0.2) is 4.98 Å². The van der Waals surface area contributed by atoms with Crippen LogP contribution in [0.4, 0.5) is 0 Å². The van der Waals surface area contributed by atoms with Crippen molar-refractivity contribution in [1.29, 1.82) is 0 Å². The number of hydrogen-bond donors (Lipinski definition) is 1. The first-order valence-corrected chi connectivity index (χ1v) is 7.67. The highest BCUT2D eigenvalue weighted by Crippen LogP contribution is 2.38. The van der Waals surface area contributed by atoms with Gasteiger partial charge in [0.2, 0.25) is 6.79 Å². The fourth-order valence-electron chi connectivity index (χ4n) is 2.19. The SMILES string of the molecule is Cc1nc(COc2cc3c(cc2CCN)OCO3)sc1C. The molecule has 0 bridgehead atoms. The molecule has 3 rings (SSSR count). The molecule has 1 aliphatic rings. The van der Waals surface area contributed by atoms with E-state index in [1.54, 1.807) is 11.3 Å². The van der Waals surface area contributed by atoms with Crippen LogP contribution in [0.15, 0.2) is 12.1 Å². The first-order chi connectivity index (χ1) is 10.2. The molecule has 2 aromatic rings. The van der Waals surface area contributed by atoms with Gasteiger partial charge in [-0.2, -0.15) is 0 Å². The Bertz CT molecular complexity index is 635. The molecule has 0 saturated carbocycles. The Morgan fingerprint density at radius 3 is 2.71 bits per heavy atom. The van der Waals surface area contributed by atoms with E-state index in [1.807, 2.05) is 19.1 Å².